The van der Waals surface area contributed by atoms with Crippen molar-refractivity contribution < 1.29 is 24.2 Å². The zero-order chi connectivity index (χ0) is 28.4. The summed E-state index contributed by atoms with van der Waals surface area (Å²) in [6, 6.07) is -2.30. The second-order valence-electron chi connectivity index (χ2n) is 11.7. The molecule has 0 bridgehead atoms. The molecule has 0 saturated carbocycles. The molecule has 1 fully saturated rings. The van der Waals surface area contributed by atoms with Crippen molar-refractivity contribution in [3.05, 3.63) is 29.2 Å². The lowest BCUT2D eigenvalue weighted by Crippen LogP contribution is -2.58. The van der Waals surface area contributed by atoms with Crippen molar-refractivity contribution in [3.63, 3.8) is 0 Å². The first-order valence-corrected chi connectivity index (χ1v) is 13.5. The Morgan fingerprint density at radius 3 is 2.26 bits per heavy atom. The molecular weight excluding hydrogens is 508 g/mol. The fourth-order valence-corrected chi connectivity index (χ4v) is 4.88. The van der Waals surface area contributed by atoms with E-state index in [1.165, 1.54) is 16.2 Å². The van der Waals surface area contributed by atoms with Crippen LogP contribution in [0.1, 0.15) is 72.2 Å². The molecule has 3 heterocycles. The van der Waals surface area contributed by atoms with Gasteiger partial charge in [0.05, 0.1) is 28.2 Å². The fraction of sp³-hybridized carbons (Fsp3) is 0.615. The van der Waals surface area contributed by atoms with Gasteiger partial charge in [-0.25, -0.2) is 19.7 Å². The third-order valence-corrected chi connectivity index (χ3v) is 7.04. The molecule has 0 spiro atoms. The van der Waals surface area contributed by atoms with Crippen molar-refractivity contribution in [3.8, 4) is 10.7 Å². The highest BCUT2D eigenvalue weighted by Crippen LogP contribution is 2.28. The number of nitrogens with one attached hydrogen (secondary N) is 2. The van der Waals surface area contributed by atoms with E-state index in [4.69, 9.17) is 4.74 Å². The Kier molecular flexibility index (Phi) is 8.77. The number of alkyl carbamates (subject to hydrolysis) is 1. The summed E-state index contributed by atoms with van der Waals surface area (Å²) in [5.74, 6) is -0.302. The van der Waals surface area contributed by atoms with Crippen LogP contribution in [0.25, 0.3) is 10.7 Å². The average molecular weight is 547 g/mol. The van der Waals surface area contributed by atoms with Crippen molar-refractivity contribution in [2.75, 3.05) is 6.54 Å². The predicted octanol–water partition coefficient (Wildman–Crippen LogP) is 2.99. The number of thiazole rings is 1. The lowest BCUT2D eigenvalue weighted by molar-refractivity contribution is -0.142. The number of β-amino-alcohol motifs (C(OH)–C–C–N with tert-alkyl or cyclic N) is 1. The molecule has 4 atom stereocenters. The maximum atomic E-state index is 13.6. The number of ether oxygens (including phenoxy) is 1. The number of aryl methyl sites for hydroxylation is 1. The van der Waals surface area contributed by atoms with Gasteiger partial charge >= 0.3 is 6.09 Å². The smallest absolute Gasteiger partial charge is 0.408 e. The summed E-state index contributed by atoms with van der Waals surface area (Å²) in [5.41, 5.74) is 1.87. The number of amides is 3. The van der Waals surface area contributed by atoms with Crippen LogP contribution in [0.2, 0.25) is 0 Å². The van der Waals surface area contributed by atoms with Gasteiger partial charge in [-0.1, -0.05) is 20.8 Å². The van der Waals surface area contributed by atoms with E-state index in [2.05, 4.69) is 25.6 Å². The normalized spacial score (nSPS) is 19.6. The Labute approximate surface area is 227 Å². The predicted molar refractivity (Wildman–Crippen MR) is 143 cm³/mol. The second-order valence-corrected chi connectivity index (χ2v) is 12.5. The molecule has 3 rings (SSSR count). The Hall–Kier alpha value is -3.12. The molecule has 0 radical (unpaired) electrons. The minimum absolute atomic E-state index is 0.0140. The van der Waals surface area contributed by atoms with Crippen molar-refractivity contribution in [1.82, 2.24) is 30.5 Å². The zero-order valence-corrected chi connectivity index (χ0v) is 24.0. The number of aliphatic hydroxyl groups is 1. The Balaban J connectivity index is 1.72. The molecule has 2 aromatic heterocycles. The number of carbonyl (C=O) groups is 3. The van der Waals surface area contributed by atoms with E-state index in [0.29, 0.717) is 11.4 Å². The molecule has 1 unspecified atom stereocenters. The first-order valence-electron chi connectivity index (χ1n) is 12.6. The number of aliphatic hydroxyl groups excluding tert-OH is 1. The van der Waals surface area contributed by atoms with E-state index in [1.807, 2.05) is 27.7 Å². The summed E-state index contributed by atoms with van der Waals surface area (Å²) in [6.45, 7) is 14.3. The van der Waals surface area contributed by atoms with Crippen molar-refractivity contribution in [1.29, 1.82) is 0 Å². The van der Waals surface area contributed by atoms with Crippen LogP contribution in [-0.4, -0.2) is 73.2 Å². The minimum atomic E-state index is -0.966. The molecule has 38 heavy (non-hydrogen) atoms. The van der Waals surface area contributed by atoms with Crippen LogP contribution in [0, 0.1) is 12.3 Å². The highest BCUT2D eigenvalue weighted by molar-refractivity contribution is 7.13. The quantitative estimate of drug-likeness (QED) is 0.501. The summed E-state index contributed by atoms with van der Waals surface area (Å²) in [7, 11) is 0. The molecule has 1 aliphatic heterocycles. The van der Waals surface area contributed by atoms with Gasteiger partial charge in [0.1, 0.15) is 17.7 Å². The molecule has 11 nitrogen and oxygen atoms in total. The third kappa shape index (κ3) is 7.25. The summed E-state index contributed by atoms with van der Waals surface area (Å²) in [5, 5.41) is 16.0. The third-order valence-electron chi connectivity index (χ3n) is 6.12. The highest BCUT2D eigenvalue weighted by Gasteiger charge is 2.45. The second kappa shape index (κ2) is 11.3. The van der Waals surface area contributed by atoms with Gasteiger partial charge in [-0.15, -0.1) is 11.3 Å². The first-order chi connectivity index (χ1) is 17.6. The molecule has 3 amide bonds. The SMILES string of the molecule is Cc1ncsc1-c1ncc(C(C)NC(=O)[C@@H]2C[C@@H](O)CN2C(=O)[C@@H](NC(=O)OC(C)(C)C)C(C)(C)C)cn1. The van der Waals surface area contributed by atoms with Crippen LogP contribution < -0.4 is 10.6 Å². The van der Waals surface area contributed by atoms with Crippen LogP contribution in [0.4, 0.5) is 4.79 Å². The van der Waals surface area contributed by atoms with Crippen LogP contribution in [-0.2, 0) is 14.3 Å². The Morgan fingerprint density at radius 2 is 1.74 bits per heavy atom. The maximum absolute atomic E-state index is 13.6. The van der Waals surface area contributed by atoms with Crippen molar-refractivity contribution in [2.45, 2.75) is 91.6 Å². The van der Waals surface area contributed by atoms with E-state index in [-0.39, 0.29) is 13.0 Å². The summed E-state index contributed by atoms with van der Waals surface area (Å²) in [4.78, 5) is 54.7. The van der Waals surface area contributed by atoms with E-state index >= 15 is 0 Å². The molecule has 0 aromatic carbocycles. The van der Waals surface area contributed by atoms with Gasteiger partial charge in [-0.2, -0.15) is 0 Å². The number of nitrogens with zero attached hydrogens (tertiary/aromatic N) is 4. The van der Waals surface area contributed by atoms with E-state index in [0.717, 1.165) is 10.6 Å². The topological polar surface area (TPSA) is 147 Å². The van der Waals surface area contributed by atoms with Gasteiger partial charge < -0.3 is 25.4 Å². The van der Waals surface area contributed by atoms with Gasteiger partial charge in [-0.3, -0.25) is 9.59 Å². The lowest BCUT2D eigenvalue weighted by Gasteiger charge is -2.35. The molecule has 208 valence electrons. The number of likely N-dealkylation sites (tertiary alicyclic amines) is 1. The molecule has 1 aliphatic rings. The number of aromatic nitrogens is 3. The summed E-state index contributed by atoms with van der Waals surface area (Å²) in [6.07, 6.45) is 1.81. The van der Waals surface area contributed by atoms with Crippen molar-refractivity contribution in [2.24, 2.45) is 5.41 Å². The van der Waals surface area contributed by atoms with Crippen LogP contribution in [0.3, 0.4) is 0 Å². The number of hydrogen-bond acceptors (Lipinski definition) is 9. The standard InChI is InChI=1S/C26H38N6O5S/c1-14(16-10-27-21(28-11-16)19-15(2)29-13-38-19)30-22(34)18-9-17(33)12-32(18)23(35)20(25(3,4)5)31-24(36)37-26(6,7)8/h10-11,13-14,17-18,20,33H,9,12H2,1-8H3,(H,30,34)(H,31,36)/t14?,17-,18+,20-/m1/s1. The number of carbonyl (C=O) groups excluding carboxylic acids is 3. The molecule has 2 aromatic rings. The first kappa shape index (κ1) is 29.4. The highest BCUT2D eigenvalue weighted by atomic mass is 32.1. The lowest BCUT2D eigenvalue weighted by atomic mass is 9.85. The molecule has 3 N–H and O–H groups in total. The van der Waals surface area contributed by atoms with Crippen LogP contribution >= 0.6 is 11.3 Å². The van der Waals surface area contributed by atoms with Gasteiger partial charge in [0, 0.05) is 30.9 Å². The van der Waals surface area contributed by atoms with E-state index in [9.17, 15) is 19.5 Å². The van der Waals surface area contributed by atoms with Gasteiger partial charge in [0.15, 0.2) is 5.82 Å². The van der Waals surface area contributed by atoms with Crippen LogP contribution in [0.5, 0.6) is 0 Å². The van der Waals surface area contributed by atoms with Crippen LogP contribution in [0.15, 0.2) is 17.9 Å². The molecule has 12 heteroatoms. The van der Waals surface area contributed by atoms with Crippen molar-refractivity contribution >= 4 is 29.2 Å². The Morgan fingerprint density at radius 1 is 1.11 bits per heavy atom. The molecule has 0 aliphatic carbocycles. The minimum Gasteiger partial charge on any atom is -0.444 e. The summed E-state index contributed by atoms with van der Waals surface area (Å²) >= 11 is 1.46. The van der Waals surface area contributed by atoms with E-state index in [1.54, 1.807) is 45.6 Å². The Bertz CT molecular complexity index is 1150. The largest absolute Gasteiger partial charge is 0.444 e. The maximum Gasteiger partial charge on any atom is 0.408 e. The number of hydrogen-bond donors (Lipinski definition) is 3. The molecule has 1 saturated heterocycles. The van der Waals surface area contributed by atoms with E-state index < -0.39 is 53.2 Å². The van der Waals surface area contributed by atoms with Gasteiger partial charge in [0.25, 0.3) is 0 Å². The molecular formula is C26H38N6O5S. The van der Waals surface area contributed by atoms with Gasteiger partial charge in [0.2, 0.25) is 11.8 Å². The number of rotatable bonds is 6. The van der Waals surface area contributed by atoms with Gasteiger partial charge in [-0.05, 0) is 40.0 Å². The monoisotopic (exact) mass is 546 g/mol. The fourth-order valence-electron chi connectivity index (χ4n) is 4.13. The zero-order valence-electron chi connectivity index (χ0n) is 23.2. The summed E-state index contributed by atoms with van der Waals surface area (Å²) < 4.78 is 5.35. The average Bonchev–Trinajstić information content (AvgIpc) is 3.40.